The predicted molar refractivity (Wildman–Crippen MR) is 85.4 cm³/mol. The van der Waals surface area contributed by atoms with Gasteiger partial charge in [0.2, 0.25) is 0 Å². The van der Waals surface area contributed by atoms with Gasteiger partial charge in [-0.25, -0.2) is 0 Å². The smallest absolute Gasteiger partial charge is 0.122 e. The molecule has 0 saturated heterocycles. The van der Waals surface area contributed by atoms with Crippen LogP contribution in [0.5, 0.6) is 5.75 Å². The number of benzene rings is 1. The second-order valence-electron chi connectivity index (χ2n) is 6.45. The minimum atomic E-state index is 0.668. The summed E-state index contributed by atoms with van der Waals surface area (Å²) in [6.07, 6.45) is 4.06. The summed E-state index contributed by atoms with van der Waals surface area (Å²) >= 11 is 0. The van der Waals surface area contributed by atoms with Crippen molar-refractivity contribution in [1.29, 1.82) is 0 Å². The number of hydrogen-bond donors (Lipinski definition) is 1. The molecule has 1 saturated carbocycles. The predicted octanol–water partition coefficient (Wildman–Crippen LogP) is 4.10. The molecule has 1 aromatic carbocycles. The molecule has 112 valence electrons. The van der Waals surface area contributed by atoms with Crippen LogP contribution in [0, 0.1) is 25.7 Å². The lowest BCUT2D eigenvalue weighted by molar-refractivity contribution is 0.197. The lowest BCUT2D eigenvalue weighted by Crippen LogP contribution is -2.42. The molecule has 1 N–H and O–H groups in total. The largest absolute Gasteiger partial charge is 0.492 e. The molecule has 0 aliphatic heterocycles. The number of ether oxygens (including phenoxy) is 1. The van der Waals surface area contributed by atoms with Crippen molar-refractivity contribution in [3.05, 3.63) is 29.3 Å². The Labute approximate surface area is 123 Å². The Kier molecular flexibility index (Phi) is 5.47. The molecular weight excluding hydrogens is 246 g/mol. The summed E-state index contributed by atoms with van der Waals surface area (Å²) in [5.74, 6) is 2.65. The molecule has 0 bridgehead atoms. The minimum Gasteiger partial charge on any atom is -0.492 e. The van der Waals surface area contributed by atoms with E-state index in [1.54, 1.807) is 0 Å². The number of nitrogens with one attached hydrogen (secondary N) is 1. The van der Waals surface area contributed by atoms with E-state index in [2.05, 4.69) is 51.2 Å². The zero-order valence-corrected chi connectivity index (χ0v) is 13.4. The van der Waals surface area contributed by atoms with Crippen LogP contribution in [0.1, 0.15) is 44.2 Å². The second-order valence-corrected chi connectivity index (χ2v) is 6.45. The molecule has 0 amide bonds. The molecule has 3 atom stereocenters. The van der Waals surface area contributed by atoms with Crippen LogP contribution in [0.15, 0.2) is 18.2 Å². The van der Waals surface area contributed by atoms with Gasteiger partial charge in [0.25, 0.3) is 0 Å². The van der Waals surface area contributed by atoms with E-state index in [1.807, 2.05) is 0 Å². The van der Waals surface area contributed by atoms with E-state index in [1.165, 1.54) is 30.4 Å². The second kappa shape index (κ2) is 7.12. The molecule has 0 heterocycles. The highest BCUT2D eigenvalue weighted by atomic mass is 16.5. The highest BCUT2D eigenvalue weighted by molar-refractivity contribution is 5.35. The molecule has 2 heteroatoms. The fourth-order valence-electron chi connectivity index (χ4n) is 3.24. The Bertz CT molecular complexity index is 429. The molecular formula is C18H29NO. The lowest BCUT2D eigenvalue weighted by atomic mass is 9.78. The Hall–Kier alpha value is -1.02. The van der Waals surface area contributed by atoms with Gasteiger partial charge in [0.05, 0.1) is 0 Å². The van der Waals surface area contributed by atoms with Gasteiger partial charge in [0.1, 0.15) is 12.4 Å². The summed E-state index contributed by atoms with van der Waals surface area (Å²) in [6.45, 7) is 10.7. The van der Waals surface area contributed by atoms with Crippen LogP contribution in [-0.4, -0.2) is 19.2 Å². The van der Waals surface area contributed by atoms with Gasteiger partial charge in [0.15, 0.2) is 0 Å². The molecule has 0 unspecified atom stereocenters. The van der Waals surface area contributed by atoms with E-state index in [9.17, 15) is 0 Å². The van der Waals surface area contributed by atoms with Crippen molar-refractivity contribution in [1.82, 2.24) is 5.32 Å². The first kappa shape index (κ1) is 15.4. The van der Waals surface area contributed by atoms with E-state index in [0.29, 0.717) is 6.04 Å². The van der Waals surface area contributed by atoms with E-state index in [4.69, 9.17) is 4.74 Å². The molecule has 0 spiro atoms. The summed E-state index contributed by atoms with van der Waals surface area (Å²) in [4.78, 5) is 0. The van der Waals surface area contributed by atoms with Crippen molar-refractivity contribution >= 4 is 0 Å². The van der Waals surface area contributed by atoms with Gasteiger partial charge in [-0.1, -0.05) is 44.4 Å². The first-order valence-corrected chi connectivity index (χ1v) is 8.01. The minimum absolute atomic E-state index is 0.668. The normalized spacial score (nSPS) is 26.5. The van der Waals surface area contributed by atoms with Gasteiger partial charge >= 0.3 is 0 Å². The Balaban J connectivity index is 1.73. The monoisotopic (exact) mass is 275 g/mol. The maximum atomic E-state index is 5.88. The Morgan fingerprint density at radius 3 is 2.75 bits per heavy atom. The van der Waals surface area contributed by atoms with E-state index in [-0.39, 0.29) is 0 Å². The van der Waals surface area contributed by atoms with Crippen LogP contribution in [0.4, 0.5) is 0 Å². The molecule has 2 nitrogen and oxygen atoms in total. The highest BCUT2D eigenvalue weighted by Crippen LogP contribution is 2.29. The molecule has 1 aliphatic carbocycles. The third kappa shape index (κ3) is 3.99. The van der Waals surface area contributed by atoms with E-state index < -0.39 is 0 Å². The maximum Gasteiger partial charge on any atom is 0.122 e. The summed E-state index contributed by atoms with van der Waals surface area (Å²) in [5, 5.41) is 3.68. The van der Waals surface area contributed by atoms with Crippen molar-refractivity contribution in [2.24, 2.45) is 11.8 Å². The van der Waals surface area contributed by atoms with Gasteiger partial charge in [-0.15, -0.1) is 0 Å². The SMILES string of the molecule is Cc1ccc(OCCN[C@@H]2CCC[C@H](C)[C@H]2C)c(C)c1. The average Bonchev–Trinajstić information content (AvgIpc) is 2.41. The van der Waals surface area contributed by atoms with E-state index in [0.717, 1.165) is 30.7 Å². The molecule has 0 aromatic heterocycles. The molecule has 0 radical (unpaired) electrons. The zero-order valence-electron chi connectivity index (χ0n) is 13.4. The summed E-state index contributed by atoms with van der Waals surface area (Å²) in [5.41, 5.74) is 2.52. The van der Waals surface area contributed by atoms with Crippen LogP contribution in [0.3, 0.4) is 0 Å². The molecule has 1 aromatic rings. The lowest BCUT2D eigenvalue weighted by Gasteiger charge is -2.34. The first-order valence-electron chi connectivity index (χ1n) is 8.01. The van der Waals surface area contributed by atoms with Crippen LogP contribution in [0.2, 0.25) is 0 Å². The quantitative estimate of drug-likeness (QED) is 0.817. The number of hydrogen-bond acceptors (Lipinski definition) is 2. The standard InChI is InChI=1S/C18H29NO/c1-13-8-9-18(15(3)12-13)20-11-10-19-17-7-5-6-14(2)16(17)4/h8-9,12,14,16-17,19H,5-7,10-11H2,1-4H3/t14-,16+,17+/m0/s1. The van der Waals surface area contributed by atoms with Crippen molar-refractivity contribution in [3.8, 4) is 5.75 Å². The Morgan fingerprint density at radius 1 is 1.20 bits per heavy atom. The maximum absolute atomic E-state index is 5.88. The van der Waals surface area contributed by atoms with Gasteiger partial charge in [-0.3, -0.25) is 0 Å². The van der Waals surface area contributed by atoms with Crippen LogP contribution < -0.4 is 10.1 Å². The first-order chi connectivity index (χ1) is 9.58. The summed E-state index contributed by atoms with van der Waals surface area (Å²) in [6, 6.07) is 7.03. The van der Waals surface area contributed by atoms with Crippen molar-refractivity contribution in [2.45, 2.75) is 53.0 Å². The molecule has 2 rings (SSSR count). The number of rotatable bonds is 5. The van der Waals surface area contributed by atoms with Crippen LogP contribution in [0.25, 0.3) is 0 Å². The van der Waals surface area contributed by atoms with Crippen molar-refractivity contribution < 1.29 is 4.74 Å². The third-order valence-corrected chi connectivity index (χ3v) is 4.80. The van der Waals surface area contributed by atoms with Gasteiger partial charge < -0.3 is 10.1 Å². The van der Waals surface area contributed by atoms with E-state index >= 15 is 0 Å². The highest BCUT2D eigenvalue weighted by Gasteiger charge is 2.26. The third-order valence-electron chi connectivity index (χ3n) is 4.80. The molecule has 1 aliphatic rings. The van der Waals surface area contributed by atoms with Gasteiger partial charge in [0, 0.05) is 12.6 Å². The van der Waals surface area contributed by atoms with Crippen LogP contribution in [-0.2, 0) is 0 Å². The van der Waals surface area contributed by atoms with Gasteiger partial charge in [-0.2, -0.15) is 0 Å². The Morgan fingerprint density at radius 2 is 2.00 bits per heavy atom. The average molecular weight is 275 g/mol. The summed E-state index contributed by atoms with van der Waals surface area (Å²) in [7, 11) is 0. The molecule has 20 heavy (non-hydrogen) atoms. The van der Waals surface area contributed by atoms with Crippen molar-refractivity contribution in [2.75, 3.05) is 13.2 Å². The topological polar surface area (TPSA) is 21.3 Å². The van der Waals surface area contributed by atoms with Crippen molar-refractivity contribution in [3.63, 3.8) is 0 Å². The fourth-order valence-corrected chi connectivity index (χ4v) is 3.24. The zero-order chi connectivity index (χ0) is 14.5. The molecule has 1 fully saturated rings. The van der Waals surface area contributed by atoms with Crippen LogP contribution >= 0.6 is 0 Å². The number of aryl methyl sites for hydroxylation is 2. The van der Waals surface area contributed by atoms with Gasteiger partial charge in [-0.05, 0) is 43.7 Å². The fraction of sp³-hybridized carbons (Fsp3) is 0.667. The summed E-state index contributed by atoms with van der Waals surface area (Å²) < 4.78 is 5.88.